The van der Waals surface area contributed by atoms with E-state index in [4.69, 9.17) is 0 Å². The monoisotopic (exact) mass is 298 g/mol. The van der Waals surface area contributed by atoms with E-state index in [9.17, 15) is 13.2 Å². The van der Waals surface area contributed by atoms with Gasteiger partial charge in [-0.3, -0.25) is 5.01 Å². The fourth-order valence-corrected chi connectivity index (χ4v) is 3.41. The van der Waals surface area contributed by atoms with Gasteiger partial charge in [-0.25, -0.2) is 5.01 Å². The van der Waals surface area contributed by atoms with Gasteiger partial charge in [-0.2, -0.15) is 13.2 Å². The van der Waals surface area contributed by atoms with Gasteiger partial charge in [-0.15, -0.1) is 0 Å². The number of hydrogen-bond donors (Lipinski definition) is 0. The zero-order valence-electron chi connectivity index (χ0n) is 12.0. The Bertz CT molecular complexity index is 456. The van der Waals surface area contributed by atoms with Crippen LogP contribution in [0.5, 0.6) is 0 Å². The van der Waals surface area contributed by atoms with Gasteiger partial charge in [0.1, 0.15) is 6.54 Å². The van der Waals surface area contributed by atoms with Crippen molar-refractivity contribution in [1.29, 1.82) is 0 Å². The Morgan fingerprint density at radius 2 is 1.76 bits per heavy atom. The van der Waals surface area contributed by atoms with Gasteiger partial charge in [0.05, 0.1) is 5.69 Å². The molecule has 2 aliphatic rings. The lowest BCUT2D eigenvalue weighted by Crippen LogP contribution is -2.47. The number of alkyl halides is 3. The largest absolute Gasteiger partial charge is 0.407 e. The average molecular weight is 298 g/mol. The quantitative estimate of drug-likeness (QED) is 0.826. The smallest absolute Gasteiger partial charge is 0.297 e. The molecule has 1 aromatic rings. The fraction of sp³-hybridized carbons (Fsp3) is 0.625. The molecule has 3 rings (SSSR count). The summed E-state index contributed by atoms with van der Waals surface area (Å²) in [4.78, 5) is 0. The van der Waals surface area contributed by atoms with Crippen LogP contribution < -0.4 is 5.01 Å². The fourth-order valence-electron chi connectivity index (χ4n) is 3.41. The van der Waals surface area contributed by atoms with Gasteiger partial charge in [-0.1, -0.05) is 37.5 Å². The molecule has 1 aliphatic carbocycles. The third kappa shape index (κ3) is 3.51. The highest BCUT2D eigenvalue weighted by molar-refractivity contribution is 5.45. The van der Waals surface area contributed by atoms with Crippen molar-refractivity contribution >= 4 is 5.69 Å². The van der Waals surface area contributed by atoms with Gasteiger partial charge in [0.15, 0.2) is 0 Å². The first-order valence-corrected chi connectivity index (χ1v) is 7.67. The van der Waals surface area contributed by atoms with Crippen LogP contribution in [0.4, 0.5) is 18.9 Å². The summed E-state index contributed by atoms with van der Waals surface area (Å²) in [5.41, 5.74) is 0.629. The molecule has 2 nitrogen and oxygen atoms in total. The van der Waals surface area contributed by atoms with E-state index in [1.165, 1.54) is 24.3 Å². The summed E-state index contributed by atoms with van der Waals surface area (Å²) < 4.78 is 38.7. The number of hydrazine groups is 1. The van der Waals surface area contributed by atoms with Crippen molar-refractivity contribution in [2.24, 2.45) is 11.8 Å². The van der Waals surface area contributed by atoms with Crippen molar-refractivity contribution < 1.29 is 13.2 Å². The van der Waals surface area contributed by atoms with Gasteiger partial charge in [0.2, 0.25) is 0 Å². The number of halogens is 3. The van der Waals surface area contributed by atoms with Crippen LogP contribution in [0.1, 0.15) is 25.7 Å². The van der Waals surface area contributed by atoms with E-state index >= 15 is 0 Å². The molecule has 0 amide bonds. The molecule has 0 aromatic heterocycles. The van der Waals surface area contributed by atoms with Crippen molar-refractivity contribution in [2.75, 3.05) is 24.6 Å². The SMILES string of the molecule is FC(F)(F)CN(c1ccccc1)N1CCC(C2CCC2)C1. The maximum Gasteiger partial charge on any atom is 0.407 e. The first-order chi connectivity index (χ1) is 10.0. The minimum Gasteiger partial charge on any atom is -0.297 e. The molecule has 1 atom stereocenters. The number of para-hydroxylation sites is 1. The predicted octanol–water partition coefficient (Wildman–Crippen LogP) is 4.09. The molecule has 1 heterocycles. The van der Waals surface area contributed by atoms with Gasteiger partial charge in [0.25, 0.3) is 0 Å². The molecule has 1 saturated heterocycles. The van der Waals surface area contributed by atoms with E-state index < -0.39 is 12.7 Å². The summed E-state index contributed by atoms with van der Waals surface area (Å²) in [6, 6.07) is 8.91. The van der Waals surface area contributed by atoms with Crippen molar-refractivity contribution in [3.8, 4) is 0 Å². The van der Waals surface area contributed by atoms with Crippen LogP contribution in [-0.2, 0) is 0 Å². The number of nitrogens with zero attached hydrogens (tertiary/aromatic N) is 2. The Morgan fingerprint density at radius 3 is 2.33 bits per heavy atom. The molecule has 0 N–H and O–H groups in total. The second kappa shape index (κ2) is 5.87. The number of benzene rings is 1. The molecule has 0 radical (unpaired) electrons. The van der Waals surface area contributed by atoms with Gasteiger partial charge in [0, 0.05) is 13.1 Å². The van der Waals surface area contributed by atoms with E-state index in [-0.39, 0.29) is 0 Å². The summed E-state index contributed by atoms with van der Waals surface area (Å²) in [5, 5.41) is 3.31. The lowest BCUT2D eigenvalue weighted by Gasteiger charge is -2.36. The van der Waals surface area contributed by atoms with Crippen LogP contribution in [0.25, 0.3) is 0 Å². The van der Waals surface area contributed by atoms with Gasteiger partial charge in [-0.05, 0) is 30.4 Å². The molecule has 21 heavy (non-hydrogen) atoms. The van der Waals surface area contributed by atoms with Gasteiger partial charge < -0.3 is 0 Å². The highest BCUT2D eigenvalue weighted by Crippen LogP contribution is 2.39. The lowest BCUT2D eigenvalue weighted by molar-refractivity contribution is -0.125. The zero-order chi connectivity index (χ0) is 14.9. The maximum atomic E-state index is 12.9. The summed E-state index contributed by atoms with van der Waals surface area (Å²) in [7, 11) is 0. The molecule has 5 heteroatoms. The molecular formula is C16H21F3N2. The van der Waals surface area contributed by atoms with E-state index in [0.717, 1.165) is 25.4 Å². The van der Waals surface area contributed by atoms with Crippen molar-refractivity contribution in [3.63, 3.8) is 0 Å². The third-order valence-corrected chi connectivity index (χ3v) is 4.74. The van der Waals surface area contributed by atoms with Crippen LogP contribution in [0.3, 0.4) is 0 Å². The van der Waals surface area contributed by atoms with Crippen LogP contribution in [-0.4, -0.2) is 30.8 Å². The summed E-state index contributed by atoms with van der Waals surface area (Å²) in [6.45, 7) is 0.580. The Labute approximate surface area is 123 Å². The minimum atomic E-state index is -4.19. The number of rotatable bonds is 4. The minimum absolute atomic E-state index is 0.568. The Balaban J connectivity index is 1.73. The van der Waals surface area contributed by atoms with Crippen molar-refractivity contribution in [2.45, 2.75) is 31.9 Å². The number of hydrogen-bond acceptors (Lipinski definition) is 2. The molecule has 1 unspecified atom stereocenters. The molecule has 1 aliphatic heterocycles. The van der Waals surface area contributed by atoms with E-state index in [2.05, 4.69) is 0 Å². The Kier molecular flexibility index (Phi) is 4.11. The van der Waals surface area contributed by atoms with E-state index in [0.29, 0.717) is 11.6 Å². The number of anilines is 1. The van der Waals surface area contributed by atoms with Crippen molar-refractivity contribution in [3.05, 3.63) is 30.3 Å². The van der Waals surface area contributed by atoms with E-state index in [1.54, 1.807) is 24.3 Å². The topological polar surface area (TPSA) is 6.48 Å². The van der Waals surface area contributed by atoms with Crippen LogP contribution in [0.2, 0.25) is 0 Å². The highest BCUT2D eigenvalue weighted by Gasteiger charge is 2.38. The first-order valence-electron chi connectivity index (χ1n) is 7.67. The zero-order valence-corrected chi connectivity index (χ0v) is 12.0. The molecule has 0 bridgehead atoms. The van der Waals surface area contributed by atoms with Crippen LogP contribution in [0, 0.1) is 11.8 Å². The van der Waals surface area contributed by atoms with Gasteiger partial charge >= 0.3 is 6.18 Å². The molecule has 2 fully saturated rings. The van der Waals surface area contributed by atoms with Crippen LogP contribution in [0.15, 0.2) is 30.3 Å². The maximum absolute atomic E-state index is 12.9. The molecule has 116 valence electrons. The molecule has 1 saturated carbocycles. The van der Waals surface area contributed by atoms with E-state index in [1.807, 2.05) is 11.1 Å². The Morgan fingerprint density at radius 1 is 1.05 bits per heavy atom. The highest BCUT2D eigenvalue weighted by atomic mass is 19.4. The summed E-state index contributed by atoms with van der Waals surface area (Å²) in [6.07, 6.45) is 0.620. The lowest BCUT2D eigenvalue weighted by atomic mass is 9.75. The second-order valence-electron chi connectivity index (χ2n) is 6.16. The van der Waals surface area contributed by atoms with Crippen LogP contribution >= 0.6 is 0 Å². The van der Waals surface area contributed by atoms with Crippen molar-refractivity contribution in [1.82, 2.24) is 5.01 Å². The average Bonchev–Trinajstić information content (AvgIpc) is 2.83. The normalized spacial score (nSPS) is 24.0. The molecule has 1 aromatic carbocycles. The first kappa shape index (κ1) is 14.7. The summed E-state index contributed by atoms with van der Waals surface area (Å²) in [5.74, 6) is 1.30. The second-order valence-corrected chi connectivity index (χ2v) is 6.16. The standard InChI is InChI=1S/C16H21F3N2/c17-16(18,19)12-21(15-7-2-1-3-8-15)20-10-9-14(11-20)13-5-4-6-13/h1-3,7-8,13-14H,4-6,9-12H2. The molecule has 0 spiro atoms. The summed E-state index contributed by atoms with van der Waals surface area (Å²) >= 11 is 0. The Hall–Kier alpha value is -1.23. The third-order valence-electron chi connectivity index (χ3n) is 4.74. The molecular weight excluding hydrogens is 277 g/mol. The predicted molar refractivity (Wildman–Crippen MR) is 76.9 cm³/mol.